The lowest BCUT2D eigenvalue weighted by molar-refractivity contribution is 0.0947. The van der Waals surface area contributed by atoms with Crippen LogP contribution in [0.2, 0.25) is 0 Å². The molecule has 0 saturated heterocycles. The van der Waals surface area contributed by atoms with Crippen LogP contribution in [0.3, 0.4) is 0 Å². The van der Waals surface area contributed by atoms with E-state index in [1.807, 2.05) is 13.8 Å². The number of nitrogens with zero attached hydrogens (tertiary/aromatic N) is 1. The summed E-state index contributed by atoms with van der Waals surface area (Å²) in [5.74, 6) is 0. The summed E-state index contributed by atoms with van der Waals surface area (Å²) in [5.41, 5.74) is 6.52. The van der Waals surface area contributed by atoms with Crippen LogP contribution in [0.5, 0.6) is 0 Å². The van der Waals surface area contributed by atoms with Gasteiger partial charge >= 0.3 is 8.25 Å². The summed E-state index contributed by atoms with van der Waals surface area (Å²) in [6.07, 6.45) is 0.347. The van der Waals surface area contributed by atoms with E-state index in [4.69, 9.17) is 20.4 Å². The lowest BCUT2D eigenvalue weighted by Gasteiger charge is -2.33. The van der Waals surface area contributed by atoms with E-state index >= 15 is 0 Å². The summed E-state index contributed by atoms with van der Waals surface area (Å²) in [6.45, 7) is 3.69. The molecule has 3 unspecified atom stereocenters. The van der Waals surface area contributed by atoms with E-state index in [2.05, 4.69) is 6.07 Å². The van der Waals surface area contributed by atoms with Gasteiger partial charge < -0.3 is 5.73 Å². The molecular weight excluding hydrogens is 263 g/mol. The zero-order valence-electron chi connectivity index (χ0n) is 11.0. The van der Waals surface area contributed by atoms with Crippen molar-refractivity contribution in [3.63, 3.8) is 0 Å². The van der Waals surface area contributed by atoms with Crippen molar-refractivity contribution in [2.75, 3.05) is 0 Å². The van der Waals surface area contributed by atoms with Crippen molar-refractivity contribution in [2.45, 2.75) is 38.3 Å². The number of hydrogen-bond acceptors (Lipinski definition) is 4. The molecule has 102 valence electrons. The highest BCUT2D eigenvalue weighted by molar-refractivity contribution is 7.32. The van der Waals surface area contributed by atoms with Crippen molar-refractivity contribution in [2.24, 2.45) is 5.73 Å². The lowest BCUT2D eigenvalue weighted by Crippen LogP contribution is -2.48. The fraction of sp³-hybridized carbons (Fsp3) is 0.462. The maximum atomic E-state index is 10.9. The Bertz CT molecular complexity index is 501. The van der Waals surface area contributed by atoms with E-state index in [1.54, 1.807) is 24.3 Å². The zero-order valence-corrected chi connectivity index (χ0v) is 11.9. The Kier molecular flexibility index (Phi) is 5.59. The molecule has 1 aromatic rings. The predicted molar refractivity (Wildman–Crippen MR) is 72.3 cm³/mol. The molecule has 19 heavy (non-hydrogen) atoms. The van der Waals surface area contributed by atoms with Gasteiger partial charge in [0.25, 0.3) is 0 Å². The molecule has 0 fully saturated rings. The first-order valence-electron chi connectivity index (χ1n) is 6.11. The van der Waals surface area contributed by atoms with Gasteiger partial charge in [-0.05, 0) is 24.5 Å². The minimum Gasteiger partial charge on any atom is -0.319 e. The highest BCUT2D eigenvalue weighted by Crippen LogP contribution is 2.36. The molecule has 0 aromatic heterocycles. The molecule has 3 N–H and O–H groups in total. The SMILES string of the molecule is CCC(O[P+](=O)O)C(N)(CC)c1ccccc1C#N. The van der Waals surface area contributed by atoms with Crippen molar-refractivity contribution in [1.29, 1.82) is 5.26 Å². The monoisotopic (exact) mass is 281 g/mol. The lowest BCUT2D eigenvalue weighted by atomic mass is 9.80. The minimum atomic E-state index is -2.73. The van der Waals surface area contributed by atoms with Crippen LogP contribution in [0.25, 0.3) is 0 Å². The Labute approximate surface area is 114 Å². The predicted octanol–water partition coefficient (Wildman–Crippen LogP) is 2.57. The van der Waals surface area contributed by atoms with Gasteiger partial charge in [-0.15, -0.1) is 9.42 Å². The van der Waals surface area contributed by atoms with Gasteiger partial charge in [0, 0.05) is 4.57 Å². The average molecular weight is 281 g/mol. The number of benzene rings is 1. The Morgan fingerprint density at radius 1 is 1.53 bits per heavy atom. The fourth-order valence-corrected chi connectivity index (χ4v) is 2.77. The largest absolute Gasteiger partial charge is 0.695 e. The van der Waals surface area contributed by atoms with E-state index in [1.165, 1.54) is 0 Å². The van der Waals surface area contributed by atoms with E-state index in [9.17, 15) is 4.57 Å². The maximum Gasteiger partial charge on any atom is 0.695 e. The molecule has 0 amide bonds. The number of nitrogens with two attached hydrogens (primary N) is 1. The molecule has 0 radical (unpaired) electrons. The summed E-state index contributed by atoms with van der Waals surface area (Å²) in [4.78, 5) is 8.95. The molecule has 1 aromatic carbocycles. The van der Waals surface area contributed by atoms with Crippen LogP contribution in [0.1, 0.15) is 37.8 Å². The normalized spacial score (nSPS) is 16.3. The van der Waals surface area contributed by atoms with Gasteiger partial charge in [-0.3, -0.25) is 0 Å². The number of hydrogen-bond donors (Lipinski definition) is 2. The van der Waals surface area contributed by atoms with Crippen LogP contribution in [-0.2, 0) is 14.6 Å². The van der Waals surface area contributed by atoms with E-state index in [0.29, 0.717) is 24.0 Å². The third-order valence-electron chi connectivity index (χ3n) is 3.30. The van der Waals surface area contributed by atoms with Gasteiger partial charge in [-0.1, -0.05) is 32.0 Å². The van der Waals surface area contributed by atoms with Gasteiger partial charge in [-0.2, -0.15) is 5.26 Å². The van der Waals surface area contributed by atoms with Crippen molar-refractivity contribution < 1.29 is 14.0 Å². The van der Waals surface area contributed by atoms with Crippen LogP contribution in [0, 0.1) is 11.3 Å². The van der Waals surface area contributed by atoms with Gasteiger partial charge in [0.15, 0.2) is 0 Å². The second-order valence-corrected chi connectivity index (χ2v) is 4.98. The van der Waals surface area contributed by atoms with Crippen LogP contribution in [0.4, 0.5) is 0 Å². The Hall–Kier alpha value is -1.31. The Balaban J connectivity index is 3.29. The maximum absolute atomic E-state index is 10.9. The average Bonchev–Trinajstić information content (AvgIpc) is 2.43. The molecule has 0 aliphatic carbocycles. The molecule has 0 heterocycles. The summed E-state index contributed by atoms with van der Waals surface area (Å²) in [7, 11) is -2.73. The van der Waals surface area contributed by atoms with Crippen LogP contribution >= 0.6 is 8.25 Å². The molecule has 6 heteroatoms. The van der Waals surface area contributed by atoms with Crippen LogP contribution < -0.4 is 5.73 Å². The third kappa shape index (κ3) is 3.37. The van der Waals surface area contributed by atoms with Gasteiger partial charge in [0.2, 0.25) is 0 Å². The van der Waals surface area contributed by atoms with Gasteiger partial charge in [-0.25, -0.2) is 0 Å². The van der Waals surface area contributed by atoms with E-state index in [-0.39, 0.29) is 0 Å². The minimum absolute atomic E-state index is 0.460. The smallest absolute Gasteiger partial charge is 0.319 e. The first kappa shape index (κ1) is 15.7. The molecule has 0 aliphatic heterocycles. The number of rotatable bonds is 6. The van der Waals surface area contributed by atoms with Gasteiger partial charge in [0.1, 0.15) is 6.10 Å². The topological polar surface area (TPSA) is 96.3 Å². The third-order valence-corrected chi connectivity index (χ3v) is 3.73. The number of nitriles is 1. The summed E-state index contributed by atoms with van der Waals surface area (Å²) in [5, 5.41) is 9.16. The van der Waals surface area contributed by atoms with Crippen molar-refractivity contribution in [3.8, 4) is 6.07 Å². The highest BCUT2D eigenvalue weighted by Gasteiger charge is 2.41. The molecule has 3 atom stereocenters. The van der Waals surface area contributed by atoms with Crippen molar-refractivity contribution in [1.82, 2.24) is 0 Å². The summed E-state index contributed by atoms with van der Waals surface area (Å²) >= 11 is 0. The Morgan fingerprint density at radius 3 is 2.63 bits per heavy atom. The molecular formula is C13H18N2O3P+. The Morgan fingerprint density at radius 2 is 2.16 bits per heavy atom. The molecule has 0 aliphatic rings. The van der Waals surface area contributed by atoms with Crippen molar-refractivity contribution in [3.05, 3.63) is 35.4 Å². The molecule has 0 spiro atoms. The molecule has 5 nitrogen and oxygen atoms in total. The quantitative estimate of drug-likeness (QED) is 0.781. The summed E-state index contributed by atoms with van der Waals surface area (Å²) < 4.78 is 16.0. The van der Waals surface area contributed by atoms with Crippen LogP contribution in [-0.4, -0.2) is 11.0 Å². The second-order valence-electron chi connectivity index (χ2n) is 4.29. The standard InChI is InChI=1S/C13H17N2O3P/c1-3-12(18-19(16)17)13(15,4-2)11-8-6-5-7-10(11)9-14/h5-8,12H,3-4,15H2,1-2H3/p+1. The van der Waals surface area contributed by atoms with E-state index in [0.717, 1.165) is 0 Å². The summed E-state index contributed by atoms with van der Waals surface area (Å²) in [6, 6.07) is 9.09. The molecule has 1 rings (SSSR count). The fourth-order valence-electron chi connectivity index (χ4n) is 2.22. The zero-order chi connectivity index (χ0) is 14.5. The second kappa shape index (κ2) is 6.74. The van der Waals surface area contributed by atoms with E-state index < -0.39 is 19.9 Å². The first-order chi connectivity index (χ1) is 8.99. The highest BCUT2D eigenvalue weighted by atomic mass is 31.1. The van der Waals surface area contributed by atoms with Crippen molar-refractivity contribution >= 4 is 8.25 Å². The molecule has 0 bridgehead atoms. The van der Waals surface area contributed by atoms with Crippen LogP contribution in [0.15, 0.2) is 24.3 Å². The first-order valence-corrected chi connectivity index (χ1v) is 7.24. The molecule has 0 saturated carbocycles. The van der Waals surface area contributed by atoms with Gasteiger partial charge in [0.05, 0.1) is 17.2 Å².